The zero-order valence-corrected chi connectivity index (χ0v) is 13.6. The zero-order valence-electron chi connectivity index (χ0n) is 13.6. The van der Waals surface area contributed by atoms with Gasteiger partial charge in [-0.15, -0.1) is 0 Å². The van der Waals surface area contributed by atoms with Crippen LogP contribution >= 0.6 is 0 Å². The number of hydrogen-bond acceptors (Lipinski definition) is 4. The smallest absolute Gasteiger partial charge is 0.308 e. The van der Waals surface area contributed by atoms with Crippen molar-refractivity contribution in [2.24, 2.45) is 47.3 Å². The van der Waals surface area contributed by atoms with Crippen LogP contribution in [0, 0.1) is 47.3 Å². The molecule has 0 aromatic carbocycles. The van der Waals surface area contributed by atoms with Gasteiger partial charge in [0.15, 0.2) is 0 Å². The lowest BCUT2D eigenvalue weighted by atomic mass is 9.45. The summed E-state index contributed by atoms with van der Waals surface area (Å²) in [6, 6.07) is 0. The summed E-state index contributed by atoms with van der Waals surface area (Å²) in [6.07, 6.45) is 3.05. The first-order valence-electron chi connectivity index (χ1n) is 8.67. The number of hydrogen-bond donors (Lipinski definition) is 4. The monoisotopic (exact) mass is 354 g/mol. The quantitative estimate of drug-likeness (QED) is 0.589. The summed E-state index contributed by atoms with van der Waals surface area (Å²) in [5.74, 6) is -12.1. The van der Waals surface area contributed by atoms with Crippen molar-refractivity contribution in [2.75, 3.05) is 0 Å². The van der Waals surface area contributed by atoms with Gasteiger partial charge in [-0.3, -0.25) is 19.2 Å². The molecule has 0 spiro atoms. The maximum absolute atomic E-state index is 11.9. The van der Waals surface area contributed by atoms with Gasteiger partial charge in [0, 0.05) is 0 Å². The normalized spacial score (nSPS) is 42.9. The van der Waals surface area contributed by atoms with Crippen molar-refractivity contribution in [1.82, 2.24) is 0 Å². The summed E-state index contributed by atoms with van der Waals surface area (Å²) in [5, 5.41) is 38.6. The van der Waals surface area contributed by atoms with E-state index in [1.807, 2.05) is 0 Å². The lowest BCUT2D eigenvalue weighted by molar-refractivity contribution is -0.191. The minimum Gasteiger partial charge on any atom is -0.481 e. The third-order valence-electron chi connectivity index (χ3n) is 6.73. The topological polar surface area (TPSA) is 149 Å². The average Bonchev–Trinajstić information content (AvgIpc) is 2.53. The molecule has 0 amide bonds. The Hall–Kier alpha value is -2.12. The van der Waals surface area contributed by atoms with Gasteiger partial charge in [0.05, 0.1) is 23.7 Å². The fraction of sp³-hybridized carbons (Fsp3) is 0.765. The third kappa shape index (κ3) is 2.67. The van der Waals surface area contributed by atoms with Crippen molar-refractivity contribution in [3.63, 3.8) is 0 Å². The van der Waals surface area contributed by atoms with Crippen LogP contribution in [0.5, 0.6) is 0 Å². The number of carboxylic acids is 4. The Morgan fingerprint density at radius 3 is 1.72 bits per heavy atom. The Morgan fingerprint density at radius 1 is 0.600 bits per heavy atom. The number of carbonyl (C=O) groups is 4. The summed E-state index contributed by atoms with van der Waals surface area (Å²) in [7, 11) is 0. The molecule has 3 rings (SSSR count). The van der Waals surface area contributed by atoms with Gasteiger partial charge in [0.2, 0.25) is 0 Å². The minimum atomic E-state index is -1.60. The van der Waals surface area contributed by atoms with Crippen molar-refractivity contribution in [3.05, 3.63) is 0 Å². The van der Waals surface area contributed by atoms with E-state index in [-0.39, 0.29) is 11.8 Å². The van der Waals surface area contributed by atoms with Crippen LogP contribution in [0.15, 0.2) is 0 Å². The van der Waals surface area contributed by atoms with Gasteiger partial charge in [-0.2, -0.15) is 0 Å². The Kier molecular flexibility index (Phi) is 4.47. The number of carboxylic acid groups (broad SMARTS) is 4. The molecule has 3 saturated carbocycles. The number of aliphatic carboxylic acids is 4. The van der Waals surface area contributed by atoms with Gasteiger partial charge in [-0.05, 0) is 42.9 Å². The maximum Gasteiger partial charge on any atom is 0.308 e. The molecule has 3 fully saturated rings. The molecule has 3 aliphatic rings. The van der Waals surface area contributed by atoms with E-state index in [2.05, 4.69) is 0 Å². The van der Waals surface area contributed by atoms with Crippen LogP contribution in [0.3, 0.4) is 0 Å². The summed E-state index contributed by atoms with van der Waals surface area (Å²) in [5.41, 5.74) is 0. The summed E-state index contributed by atoms with van der Waals surface area (Å²) >= 11 is 0. The molecular formula is C17H22O8. The molecule has 0 heterocycles. The van der Waals surface area contributed by atoms with Crippen molar-refractivity contribution in [2.45, 2.75) is 32.1 Å². The summed E-state index contributed by atoms with van der Waals surface area (Å²) in [4.78, 5) is 47.3. The molecule has 8 heteroatoms. The van der Waals surface area contributed by atoms with Crippen molar-refractivity contribution >= 4 is 23.9 Å². The Bertz CT molecular complexity index is 614. The molecule has 8 atom stereocenters. The fourth-order valence-electron chi connectivity index (χ4n) is 6.03. The van der Waals surface area contributed by atoms with Crippen LogP contribution in [-0.2, 0) is 19.2 Å². The van der Waals surface area contributed by atoms with E-state index in [0.717, 1.165) is 12.8 Å². The molecule has 0 bridgehead atoms. The first kappa shape index (κ1) is 17.7. The largest absolute Gasteiger partial charge is 0.481 e. The first-order valence-corrected chi connectivity index (χ1v) is 8.67. The highest BCUT2D eigenvalue weighted by Crippen LogP contribution is 2.60. The van der Waals surface area contributed by atoms with Crippen LogP contribution in [0.1, 0.15) is 32.1 Å². The second-order valence-corrected chi connectivity index (χ2v) is 7.62. The molecule has 0 aliphatic heterocycles. The molecule has 0 radical (unpaired) electrons. The van der Waals surface area contributed by atoms with E-state index in [0.29, 0.717) is 19.3 Å². The van der Waals surface area contributed by atoms with Crippen molar-refractivity contribution in [1.29, 1.82) is 0 Å². The van der Waals surface area contributed by atoms with Gasteiger partial charge in [0.1, 0.15) is 0 Å². The molecule has 138 valence electrons. The molecule has 0 aromatic heterocycles. The summed E-state index contributed by atoms with van der Waals surface area (Å²) in [6.45, 7) is 0. The van der Waals surface area contributed by atoms with Crippen LogP contribution in [0.4, 0.5) is 0 Å². The van der Waals surface area contributed by atoms with Crippen LogP contribution in [0.25, 0.3) is 0 Å². The fourth-order valence-corrected chi connectivity index (χ4v) is 6.03. The molecule has 8 nitrogen and oxygen atoms in total. The van der Waals surface area contributed by atoms with E-state index >= 15 is 0 Å². The predicted octanol–water partition coefficient (Wildman–Crippen LogP) is 1.25. The highest BCUT2D eigenvalue weighted by molar-refractivity contribution is 5.87. The average molecular weight is 354 g/mol. The molecule has 0 saturated heterocycles. The van der Waals surface area contributed by atoms with Gasteiger partial charge in [-0.1, -0.05) is 12.8 Å². The number of rotatable bonds is 4. The molecule has 3 aliphatic carbocycles. The zero-order chi connectivity index (χ0) is 18.5. The molecule has 0 aromatic rings. The maximum atomic E-state index is 11.9. The SMILES string of the molecule is O=C(O)C1CCC2CCCC3C(C(=O)O)C(C(=O)O)C(C(=O)O)C1C23. The lowest BCUT2D eigenvalue weighted by Gasteiger charge is -2.56. The van der Waals surface area contributed by atoms with Crippen molar-refractivity contribution in [3.8, 4) is 0 Å². The Morgan fingerprint density at radius 2 is 1.20 bits per heavy atom. The van der Waals surface area contributed by atoms with E-state index < -0.39 is 59.4 Å². The first-order chi connectivity index (χ1) is 11.8. The van der Waals surface area contributed by atoms with E-state index in [1.165, 1.54) is 0 Å². The second-order valence-electron chi connectivity index (χ2n) is 7.62. The van der Waals surface area contributed by atoms with Crippen molar-refractivity contribution < 1.29 is 39.6 Å². The third-order valence-corrected chi connectivity index (χ3v) is 6.73. The van der Waals surface area contributed by atoms with Gasteiger partial charge in [-0.25, -0.2) is 0 Å². The molecule has 4 N–H and O–H groups in total. The second kappa shape index (κ2) is 6.31. The van der Waals surface area contributed by atoms with Gasteiger partial charge >= 0.3 is 23.9 Å². The van der Waals surface area contributed by atoms with Crippen LogP contribution in [0.2, 0.25) is 0 Å². The minimum absolute atomic E-state index is 0.0813. The summed E-state index contributed by atoms with van der Waals surface area (Å²) < 4.78 is 0. The predicted molar refractivity (Wildman–Crippen MR) is 81.5 cm³/mol. The molecular weight excluding hydrogens is 332 g/mol. The van der Waals surface area contributed by atoms with Crippen LogP contribution < -0.4 is 0 Å². The Labute approximate surface area is 143 Å². The van der Waals surface area contributed by atoms with Crippen LogP contribution in [-0.4, -0.2) is 44.3 Å². The lowest BCUT2D eigenvalue weighted by Crippen LogP contribution is -2.60. The van der Waals surface area contributed by atoms with E-state index in [4.69, 9.17) is 0 Å². The highest BCUT2D eigenvalue weighted by Gasteiger charge is 2.63. The van der Waals surface area contributed by atoms with Gasteiger partial charge in [0.25, 0.3) is 0 Å². The van der Waals surface area contributed by atoms with E-state index in [1.54, 1.807) is 0 Å². The Balaban J connectivity index is 2.16. The highest BCUT2D eigenvalue weighted by atomic mass is 16.4. The molecule has 25 heavy (non-hydrogen) atoms. The molecule has 8 unspecified atom stereocenters. The standard InChI is InChI=1S/C17H22O8/c18-14(19)8-5-4-6-2-1-3-7-9(6)10(8)12(16(22)23)13(17(24)25)11(7)15(20)21/h6-13H,1-5H2,(H,18,19)(H,20,21)(H,22,23)(H,24,25). The van der Waals surface area contributed by atoms with E-state index in [9.17, 15) is 39.6 Å². The van der Waals surface area contributed by atoms with Gasteiger partial charge < -0.3 is 20.4 Å².